The molecular formula is C20H15FN2O2S2. The van der Waals surface area contributed by atoms with Gasteiger partial charge in [0, 0.05) is 10.1 Å². The molecule has 0 atom stereocenters. The lowest BCUT2D eigenvalue weighted by Gasteiger charge is -2.11. The fourth-order valence-electron chi connectivity index (χ4n) is 2.75. The first-order chi connectivity index (χ1) is 13.1. The summed E-state index contributed by atoms with van der Waals surface area (Å²) in [6.45, 7) is 2.16. The lowest BCUT2D eigenvalue weighted by atomic mass is 10.1. The van der Waals surface area contributed by atoms with Crippen LogP contribution in [0.1, 0.15) is 20.9 Å². The van der Waals surface area contributed by atoms with E-state index in [1.807, 2.05) is 24.4 Å². The summed E-state index contributed by atoms with van der Waals surface area (Å²) in [4.78, 5) is 17.6. The molecule has 0 aliphatic heterocycles. The largest absolute Gasteiger partial charge is 0.485 e. The van der Waals surface area contributed by atoms with Crippen LogP contribution in [0.3, 0.4) is 0 Å². The summed E-state index contributed by atoms with van der Waals surface area (Å²) < 4.78 is 20.2. The van der Waals surface area contributed by atoms with E-state index in [4.69, 9.17) is 4.74 Å². The van der Waals surface area contributed by atoms with E-state index < -0.39 is 0 Å². The van der Waals surface area contributed by atoms with E-state index in [0.717, 1.165) is 21.3 Å². The highest BCUT2D eigenvalue weighted by molar-refractivity contribution is 7.21. The predicted molar refractivity (Wildman–Crippen MR) is 107 cm³/mol. The van der Waals surface area contributed by atoms with Crippen molar-refractivity contribution < 1.29 is 13.9 Å². The van der Waals surface area contributed by atoms with Gasteiger partial charge in [0.15, 0.2) is 0 Å². The summed E-state index contributed by atoms with van der Waals surface area (Å²) in [7, 11) is 0. The van der Waals surface area contributed by atoms with Crippen molar-refractivity contribution in [2.75, 3.05) is 5.32 Å². The Morgan fingerprint density at radius 3 is 2.93 bits per heavy atom. The number of hydrogen-bond donors (Lipinski definition) is 1. The molecule has 0 unspecified atom stereocenters. The quantitative estimate of drug-likeness (QED) is 0.473. The Morgan fingerprint density at radius 1 is 1.26 bits per heavy atom. The van der Waals surface area contributed by atoms with Crippen molar-refractivity contribution >= 4 is 44.4 Å². The van der Waals surface area contributed by atoms with Gasteiger partial charge in [0.25, 0.3) is 5.91 Å². The van der Waals surface area contributed by atoms with E-state index in [1.54, 1.807) is 23.7 Å². The Hall–Kier alpha value is -2.77. The van der Waals surface area contributed by atoms with Gasteiger partial charge in [0.05, 0.1) is 21.8 Å². The summed E-state index contributed by atoms with van der Waals surface area (Å²) in [5, 5.41) is 5.59. The average Bonchev–Trinajstić information content (AvgIpc) is 3.29. The number of halogens is 1. The number of nitrogens with one attached hydrogen (secondary N) is 1. The van der Waals surface area contributed by atoms with Crippen LogP contribution in [-0.2, 0) is 6.61 Å². The smallest absolute Gasteiger partial charge is 0.266 e. The maximum absolute atomic E-state index is 13.5. The van der Waals surface area contributed by atoms with E-state index in [9.17, 15) is 9.18 Å². The van der Waals surface area contributed by atoms with Crippen molar-refractivity contribution in [3.05, 3.63) is 75.3 Å². The minimum atomic E-state index is -0.309. The number of benzene rings is 2. The first kappa shape index (κ1) is 17.6. The lowest BCUT2D eigenvalue weighted by molar-refractivity contribution is 0.102. The topological polar surface area (TPSA) is 51.2 Å². The second-order valence-electron chi connectivity index (χ2n) is 5.92. The number of anilines is 1. The van der Waals surface area contributed by atoms with Crippen molar-refractivity contribution in [2.24, 2.45) is 0 Å². The van der Waals surface area contributed by atoms with E-state index in [-0.39, 0.29) is 11.7 Å². The number of carbonyl (C=O) groups is 1. The Morgan fingerprint density at radius 2 is 2.11 bits per heavy atom. The molecule has 136 valence electrons. The number of aromatic nitrogens is 1. The number of amides is 1. The number of carbonyl (C=O) groups excluding carboxylic acids is 1. The minimum Gasteiger partial charge on any atom is -0.485 e. The van der Waals surface area contributed by atoms with Crippen molar-refractivity contribution in [3.63, 3.8) is 0 Å². The number of thiazole rings is 1. The molecule has 4 rings (SSSR count). The average molecular weight is 398 g/mol. The van der Waals surface area contributed by atoms with Gasteiger partial charge in [-0.05, 0) is 48.2 Å². The Bertz CT molecular complexity index is 1110. The van der Waals surface area contributed by atoms with E-state index >= 15 is 0 Å². The summed E-state index contributed by atoms with van der Waals surface area (Å²) in [5.41, 5.74) is 3.94. The number of thiophene rings is 1. The van der Waals surface area contributed by atoms with Crippen LogP contribution in [0.15, 0.2) is 53.4 Å². The standard InChI is InChI=1S/C20H15FN2O2S2/c1-12-15-8-13(21)6-7-18(15)27-19(12)20(24)23-16-4-2-3-5-17(16)25-9-14-10-26-11-22-14/h2-8,10-11H,9H2,1H3,(H,23,24). The van der Waals surface area contributed by atoms with Gasteiger partial charge in [-0.2, -0.15) is 0 Å². The number of para-hydroxylation sites is 2. The molecule has 1 N–H and O–H groups in total. The van der Waals surface area contributed by atoms with Gasteiger partial charge in [0.1, 0.15) is 18.2 Å². The number of fused-ring (bicyclic) bond motifs is 1. The molecule has 4 aromatic rings. The molecule has 0 radical (unpaired) electrons. The van der Waals surface area contributed by atoms with Crippen LogP contribution in [0, 0.1) is 12.7 Å². The summed E-state index contributed by atoms with van der Waals surface area (Å²) in [6, 6.07) is 11.8. The molecule has 2 aromatic carbocycles. The number of hydrogen-bond acceptors (Lipinski definition) is 5. The van der Waals surface area contributed by atoms with Crippen molar-refractivity contribution in [2.45, 2.75) is 13.5 Å². The molecule has 0 aliphatic carbocycles. The number of nitrogens with zero attached hydrogens (tertiary/aromatic N) is 1. The highest BCUT2D eigenvalue weighted by Gasteiger charge is 2.17. The molecule has 1 amide bonds. The third-order valence-electron chi connectivity index (χ3n) is 4.10. The van der Waals surface area contributed by atoms with Crippen LogP contribution in [-0.4, -0.2) is 10.9 Å². The third-order valence-corrected chi connectivity index (χ3v) is 6.01. The molecular weight excluding hydrogens is 383 g/mol. The zero-order valence-corrected chi connectivity index (χ0v) is 16.0. The number of rotatable bonds is 5. The first-order valence-electron chi connectivity index (χ1n) is 8.20. The van der Waals surface area contributed by atoms with Gasteiger partial charge < -0.3 is 10.1 Å². The second kappa shape index (κ2) is 7.46. The van der Waals surface area contributed by atoms with E-state index in [1.165, 1.54) is 34.8 Å². The molecule has 0 bridgehead atoms. The zero-order valence-electron chi connectivity index (χ0n) is 14.4. The Balaban J connectivity index is 1.57. The Kier molecular flexibility index (Phi) is 4.87. The molecule has 0 fully saturated rings. The second-order valence-corrected chi connectivity index (χ2v) is 7.69. The van der Waals surface area contributed by atoms with Crippen molar-refractivity contribution in [1.29, 1.82) is 0 Å². The summed E-state index contributed by atoms with van der Waals surface area (Å²) in [6.07, 6.45) is 0. The highest BCUT2D eigenvalue weighted by atomic mass is 32.1. The van der Waals surface area contributed by atoms with Crippen molar-refractivity contribution in [1.82, 2.24) is 4.98 Å². The molecule has 4 nitrogen and oxygen atoms in total. The first-order valence-corrected chi connectivity index (χ1v) is 9.96. The molecule has 2 aromatic heterocycles. The van der Waals surface area contributed by atoms with Gasteiger partial charge in [-0.15, -0.1) is 22.7 Å². The third kappa shape index (κ3) is 3.70. The fourth-order valence-corrected chi connectivity index (χ4v) is 4.37. The van der Waals surface area contributed by atoms with Crippen LogP contribution >= 0.6 is 22.7 Å². The predicted octanol–water partition coefficient (Wildman–Crippen LogP) is 5.64. The van der Waals surface area contributed by atoms with Crippen LogP contribution < -0.4 is 10.1 Å². The maximum atomic E-state index is 13.5. The van der Waals surface area contributed by atoms with Crippen molar-refractivity contribution in [3.8, 4) is 5.75 Å². The molecule has 2 heterocycles. The zero-order chi connectivity index (χ0) is 18.8. The lowest BCUT2D eigenvalue weighted by Crippen LogP contribution is -2.12. The van der Waals surface area contributed by atoms with Gasteiger partial charge in [-0.3, -0.25) is 4.79 Å². The van der Waals surface area contributed by atoms with Crippen LogP contribution in [0.25, 0.3) is 10.1 Å². The highest BCUT2D eigenvalue weighted by Crippen LogP contribution is 2.33. The van der Waals surface area contributed by atoms with Crippen LogP contribution in [0.2, 0.25) is 0 Å². The molecule has 7 heteroatoms. The number of ether oxygens (including phenoxy) is 1. The molecule has 0 aliphatic rings. The summed E-state index contributed by atoms with van der Waals surface area (Å²) in [5.74, 6) is 0.0265. The molecule has 0 saturated carbocycles. The van der Waals surface area contributed by atoms with E-state index in [0.29, 0.717) is 22.9 Å². The molecule has 0 saturated heterocycles. The van der Waals surface area contributed by atoms with Gasteiger partial charge in [0.2, 0.25) is 0 Å². The fraction of sp³-hybridized carbons (Fsp3) is 0.100. The minimum absolute atomic E-state index is 0.237. The van der Waals surface area contributed by atoms with Gasteiger partial charge >= 0.3 is 0 Å². The maximum Gasteiger partial charge on any atom is 0.266 e. The number of aryl methyl sites for hydroxylation is 1. The van der Waals surface area contributed by atoms with Gasteiger partial charge in [-0.25, -0.2) is 9.37 Å². The Labute approximate surface area is 163 Å². The molecule has 27 heavy (non-hydrogen) atoms. The van der Waals surface area contributed by atoms with Crippen LogP contribution in [0.5, 0.6) is 5.75 Å². The van der Waals surface area contributed by atoms with E-state index in [2.05, 4.69) is 10.3 Å². The normalized spacial score (nSPS) is 10.9. The molecule has 0 spiro atoms. The summed E-state index contributed by atoms with van der Waals surface area (Å²) >= 11 is 2.85. The van der Waals surface area contributed by atoms with Gasteiger partial charge in [-0.1, -0.05) is 12.1 Å². The SMILES string of the molecule is Cc1c(C(=O)Nc2ccccc2OCc2cscn2)sc2ccc(F)cc12. The monoisotopic (exact) mass is 398 g/mol. The van der Waals surface area contributed by atoms with Crippen LogP contribution in [0.4, 0.5) is 10.1 Å².